The molecule has 1 aromatic heterocycles. The number of pyridine rings is 1. The average molecular weight is 206 g/mol. The van der Waals surface area contributed by atoms with Crippen LogP contribution in [0.1, 0.15) is 23.0 Å². The molecule has 0 bridgehead atoms. The van der Waals surface area contributed by atoms with Gasteiger partial charge in [-0.05, 0) is 13.8 Å². The van der Waals surface area contributed by atoms with Gasteiger partial charge in [-0.1, -0.05) is 6.08 Å². The molecule has 0 aromatic carbocycles. The minimum absolute atomic E-state index is 0.120. The SMILES string of the molecule is C=CC(C)NC(=O)c1c[nH]c(C)cc1=O. The van der Waals surface area contributed by atoms with Crippen molar-refractivity contribution in [3.8, 4) is 0 Å². The predicted molar refractivity (Wildman–Crippen MR) is 58.9 cm³/mol. The van der Waals surface area contributed by atoms with E-state index in [1.165, 1.54) is 12.3 Å². The smallest absolute Gasteiger partial charge is 0.257 e. The zero-order chi connectivity index (χ0) is 11.4. The maximum absolute atomic E-state index is 11.6. The third kappa shape index (κ3) is 2.80. The van der Waals surface area contributed by atoms with Crippen LogP contribution in [0, 0.1) is 6.92 Å². The minimum atomic E-state index is -0.386. The van der Waals surface area contributed by atoms with Gasteiger partial charge >= 0.3 is 0 Å². The number of aromatic amines is 1. The molecule has 0 aliphatic carbocycles. The maximum Gasteiger partial charge on any atom is 0.257 e. The lowest BCUT2D eigenvalue weighted by Crippen LogP contribution is -2.34. The minimum Gasteiger partial charge on any atom is -0.364 e. The van der Waals surface area contributed by atoms with Gasteiger partial charge < -0.3 is 10.3 Å². The van der Waals surface area contributed by atoms with Crippen molar-refractivity contribution < 1.29 is 4.79 Å². The Labute approximate surface area is 88.0 Å². The van der Waals surface area contributed by atoms with E-state index < -0.39 is 0 Å². The second kappa shape index (κ2) is 4.59. The molecule has 80 valence electrons. The highest BCUT2D eigenvalue weighted by Crippen LogP contribution is 1.93. The maximum atomic E-state index is 11.6. The van der Waals surface area contributed by atoms with Crippen molar-refractivity contribution >= 4 is 5.91 Å². The van der Waals surface area contributed by atoms with Crippen molar-refractivity contribution in [2.24, 2.45) is 0 Å². The standard InChI is InChI=1S/C11H14N2O2/c1-4-7(2)13-11(15)9-6-12-8(3)5-10(9)14/h4-7H,1H2,2-3H3,(H,12,14)(H,13,15). The van der Waals surface area contributed by atoms with E-state index in [-0.39, 0.29) is 22.9 Å². The van der Waals surface area contributed by atoms with E-state index >= 15 is 0 Å². The number of nitrogens with one attached hydrogen (secondary N) is 2. The summed E-state index contributed by atoms with van der Waals surface area (Å²) in [6.07, 6.45) is 3.02. The molecule has 1 unspecified atom stereocenters. The van der Waals surface area contributed by atoms with Crippen molar-refractivity contribution in [3.63, 3.8) is 0 Å². The molecule has 1 rings (SSSR count). The molecule has 0 saturated carbocycles. The Kier molecular flexibility index (Phi) is 3.44. The summed E-state index contributed by atoms with van der Waals surface area (Å²) in [4.78, 5) is 25.8. The van der Waals surface area contributed by atoms with Crippen molar-refractivity contribution in [1.29, 1.82) is 0 Å². The summed E-state index contributed by atoms with van der Waals surface area (Å²) in [5.41, 5.74) is 0.572. The van der Waals surface area contributed by atoms with E-state index in [0.717, 1.165) is 5.69 Å². The van der Waals surface area contributed by atoms with Crippen molar-refractivity contribution in [2.75, 3.05) is 0 Å². The third-order valence-corrected chi connectivity index (χ3v) is 2.01. The summed E-state index contributed by atoms with van der Waals surface area (Å²) >= 11 is 0. The van der Waals surface area contributed by atoms with Crippen molar-refractivity contribution in [3.05, 3.63) is 46.4 Å². The quantitative estimate of drug-likeness (QED) is 0.724. The highest BCUT2D eigenvalue weighted by atomic mass is 16.2. The number of aryl methyl sites for hydroxylation is 1. The fourth-order valence-electron chi connectivity index (χ4n) is 1.09. The van der Waals surface area contributed by atoms with Crippen LogP contribution >= 0.6 is 0 Å². The molecule has 0 spiro atoms. The van der Waals surface area contributed by atoms with Crippen LogP contribution < -0.4 is 10.7 Å². The van der Waals surface area contributed by atoms with Gasteiger partial charge in [0.15, 0.2) is 5.43 Å². The van der Waals surface area contributed by atoms with Gasteiger partial charge in [0.25, 0.3) is 5.91 Å². The fraction of sp³-hybridized carbons (Fsp3) is 0.273. The van der Waals surface area contributed by atoms with E-state index in [2.05, 4.69) is 16.9 Å². The van der Waals surface area contributed by atoms with E-state index in [9.17, 15) is 9.59 Å². The van der Waals surface area contributed by atoms with E-state index in [1.807, 2.05) is 0 Å². The lowest BCUT2D eigenvalue weighted by atomic mass is 10.2. The molecule has 1 heterocycles. The molecule has 4 heteroatoms. The number of hydrogen-bond donors (Lipinski definition) is 2. The summed E-state index contributed by atoms with van der Waals surface area (Å²) in [6, 6.07) is 1.24. The van der Waals surface area contributed by atoms with Gasteiger partial charge in [0, 0.05) is 24.0 Å². The lowest BCUT2D eigenvalue weighted by Gasteiger charge is -2.08. The monoisotopic (exact) mass is 206 g/mol. The third-order valence-electron chi connectivity index (χ3n) is 2.01. The van der Waals surface area contributed by atoms with Crippen LogP contribution in [0.15, 0.2) is 29.7 Å². The second-order valence-electron chi connectivity index (χ2n) is 3.39. The highest BCUT2D eigenvalue weighted by Gasteiger charge is 2.11. The molecule has 0 aliphatic rings. The molecule has 0 saturated heterocycles. The Morgan fingerprint density at radius 1 is 1.67 bits per heavy atom. The second-order valence-corrected chi connectivity index (χ2v) is 3.39. The van der Waals surface area contributed by atoms with Crippen molar-refractivity contribution in [1.82, 2.24) is 10.3 Å². The highest BCUT2D eigenvalue weighted by molar-refractivity contribution is 5.94. The summed E-state index contributed by atoms with van der Waals surface area (Å²) in [5.74, 6) is -0.386. The summed E-state index contributed by atoms with van der Waals surface area (Å²) < 4.78 is 0. The van der Waals surface area contributed by atoms with Gasteiger partial charge in [0.1, 0.15) is 5.56 Å². The Morgan fingerprint density at radius 3 is 2.87 bits per heavy atom. The fourth-order valence-corrected chi connectivity index (χ4v) is 1.09. The summed E-state index contributed by atoms with van der Waals surface area (Å²) in [5, 5.41) is 2.63. The van der Waals surface area contributed by atoms with Crippen LogP contribution in [0.2, 0.25) is 0 Å². The lowest BCUT2D eigenvalue weighted by molar-refractivity contribution is 0.0945. The number of rotatable bonds is 3. The Balaban J connectivity index is 2.92. The Hall–Kier alpha value is -1.84. The zero-order valence-electron chi connectivity index (χ0n) is 8.83. The van der Waals surface area contributed by atoms with E-state index in [1.54, 1.807) is 19.9 Å². The van der Waals surface area contributed by atoms with Crippen LogP contribution in [-0.2, 0) is 0 Å². The molecule has 1 amide bonds. The number of carbonyl (C=O) groups is 1. The van der Waals surface area contributed by atoms with E-state index in [0.29, 0.717) is 0 Å². The Bertz CT molecular complexity index is 434. The summed E-state index contributed by atoms with van der Waals surface area (Å²) in [6.45, 7) is 7.09. The molecule has 0 radical (unpaired) electrons. The van der Waals surface area contributed by atoms with E-state index in [4.69, 9.17) is 0 Å². The number of aromatic nitrogens is 1. The molecule has 0 aliphatic heterocycles. The largest absolute Gasteiger partial charge is 0.364 e. The first-order valence-corrected chi connectivity index (χ1v) is 4.67. The first-order chi connectivity index (χ1) is 7.04. The molecular formula is C11H14N2O2. The Morgan fingerprint density at radius 2 is 2.33 bits per heavy atom. The van der Waals surface area contributed by atoms with Crippen LogP contribution in [0.25, 0.3) is 0 Å². The normalized spacial score (nSPS) is 11.9. The number of hydrogen-bond acceptors (Lipinski definition) is 2. The molecule has 15 heavy (non-hydrogen) atoms. The van der Waals surface area contributed by atoms with Gasteiger partial charge in [-0.25, -0.2) is 0 Å². The zero-order valence-corrected chi connectivity index (χ0v) is 8.83. The molecule has 1 atom stereocenters. The number of amides is 1. The predicted octanol–water partition coefficient (Wildman–Crippen LogP) is 0.988. The average Bonchev–Trinajstić information content (AvgIpc) is 2.17. The first kappa shape index (κ1) is 11.2. The van der Waals surface area contributed by atoms with Crippen LogP contribution in [0.3, 0.4) is 0 Å². The van der Waals surface area contributed by atoms with Gasteiger partial charge in [-0.15, -0.1) is 6.58 Å². The molecule has 2 N–H and O–H groups in total. The molecule has 0 fully saturated rings. The topological polar surface area (TPSA) is 62.0 Å². The molecule has 1 aromatic rings. The molecular weight excluding hydrogens is 192 g/mol. The molecule has 4 nitrogen and oxygen atoms in total. The first-order valence-electron chi connectivity index (χ1n) is 4.67. The van der Waals surface area contributed by atoms with Gasteiger partial charge in [-0.3, -0.25) is 9.59 Å². The van der Waals surface area contributed by atoms with Crippen molar-refractivity contribution in [2.45, 2.75) is 19.9 Å². The van der Waals surface area contributed by atoms with Gasteiger partial charge in [0.05, 0.1) is 0 Å². The van der Waals surface area contributed by atoms with Gasteiger partial charge in [-0.2, -0.15) is 0 Å². The van der Waals surface area contributed by atoms with Crippen LogP contribution in [-0.4, -0.2) is 16.9 Å². The van der Waals surface area contributed by atoms with Crippen LogP contribution in [0.5, 0.6) is 0 Å². The summed E-state index contributed by atoms with van der Waals surface area (Å²) in [7, 11) is 0. The van der Waals surface area contributed by atoms with Gasteiger partial charge in [0.2, 0.25) is 0 Å². The number of H-pyrrole nitrogens is 1. The number of carbonyl (C=O) groups excluding carboxylic acids is 1. The van der Waals surface area contributed by atoms with Crippen LogP contribution in [0.4, 0.5) is 0 Å².